The topological polar surface area (TPSA) is 90.7 Å². The van der Waals surface area contributed by atoms with E-state index in [1.54, 1.807) is 18.2 Å². The zero-order chi connectivity index (χ0) is 20.9. The highest BCUT2D eigenvalue weighted by molar-refractivity contribution is 5.93. The summed E-state index contributed by atoms with van der Waals surface area (Å²) in [5.74, 6) is 0.607. The third-order valence-corrected chi connectivity index (χ3v) is 4.95. The van der Waals surface area contributed by atoms with E-state index in [1.165, 1.54) is 11.6 Å². The summed E-state index contributed by atoms with van der Waals surface area (Å²) >= 11 is 0. The van der Waals surface area contributed by atoms with Gasteiger partial charge in [-0.15, -0.1) is 0 Å². The molecule has 0 unspecified atom stereocenters. The number of hydrogen-bond donors (Lipinski definition) is 2. The predicted molar refractivity (Wildman–Crippen MR) is 113 cm³/mol. The summed E-state index contributed by atoms with van der Waals surface area (Å²) < 4.78 is 11.0. The molecule has 0 saturated heterocycles. The molecule has 3 aromatic carbocycles. The van der Waals surface area contributed by atoms with Gasteiger partial charge >= 0.3 is 0 Å². The van der Waals surface area contributed by atoms with Crippen molar-refractivity contribution in [2.24, 2.45) is 5.73 Å². The van der Waals surface area contributed by atoms with Crippen molar-refractivity contribution in [1.29, 1.82) is 0 Å². The zero-order valence-electron chi connectivity index (χ0n) is 16.4. The van der Waals surface area contributed by atoms with Crippen LogP contribution >= 0.6 is 0 Å². The molecule has 30 heavy (non-hydrogen) atoms. The van der Waals surface area contributed by atoms with Gasteiger partial charge in [-0.1, -0.05) is 36.4 Å². The lowest BCUT2D eigenvalue weighted by atomic mass is 10.0. The van der Waals surface area contributed by atoms with E-state index in [1.807, 2.05) is 30.3 Å². The van der Waals surface area contributed by atoms with Gasteiger partial charge in [-0.05, 0) is 52.6 Å². The van der Waals surface area contributed by atoms with E-state index in [-0.39, 0.29) is 12.5 Å². The largest absolute Gasteiger partial charge is 0.493 e. The number of amides is 2. The van der Waals surface area contributed by atoms with Crippen molar-refractivity contribution < 1.29 is 19.1 Å². The summed E-state index contributed by atoms with van der Waals surface area (Å²) in [4.78, 5) is 23.3. The second kappa shape index (κ2) is 8.69. The first-order valence-corrected chi connectivity index (χ1v) is 9.73. The number of carbonyl (C=O) groups excluding carboxylic acids is 2. The van der Waals surface area contributed by atoms with Crippen molar-refractivity contribution in [3.63, 3.8) is 0 Å². The number of ether oxygens (including phenoxy) is 2. The molecule has 2 amide bonds. The van der Waals surface area contributed by atoms with Gasteiger partial charge in [0.25, 0.3) is 5.91 Å². The second-order valence-corrected chi connectivity index (χ2v) is 7.08. The Labute approximate surface area is 174 Å². The van der Waals surface area contributed by atoms with Crippen LogP contribution < -0.4 is 20.5 Å². The van der Waals surface area contributed by atoms with Crippen molar-refractivity contribution in [1.82, 2.24) is 5.32 Å². The van der Waals surface area contributed by atoms with E-state index in [4.69, 9.17) is 15.2 Å². The highest BCUT2D eigenvalue weighted by Gasteiger charge is 2.12. The Hall–Kier alpha value is -3.80. The molecule has 0 bridgehead atoms. The molecule has 6 nitrogen and oxygen atoms in total. The molecule has 1 aliphatic rings. The third-order valence-electron chi connectivity index (χ3n) is 4.95. The van der Waals surface area contributed by atoms with E-state index in [0.717, 1.165) is 35.5 Å². The van der Waals surface area contributed by atoms with Gasteiger partial charge in [0.05, 0.1) is 6.61 Å². The Morgan fingerprint density at radius 1 is 1.00 bits per heavy atom. The minimum absolute atomic E-state index is 0.141. The number of benzene rings is 3. The van der Waals surface area contributed by atoms with E-state index in [0.29, 0.717) is 17.9 Å². The smallest absolute Gasteiger partial charge is 0.258 e. The average Bonchev–Trinajstić information content (AvgIpc) is 3.25. The van der Waals surface area contributed by atoms with Crippen LogP contribution in [0.4, 0.5) is 0 Å². The number of nitrogens with one attached hydrogen (secondary N) is 1. The highest BCUT2D eigenvalue weighted by Crippen LogP contribution is 2.30. The number of primary amides is 1. The molecule has 0 saturated carbocycles. The molecule has 152 valence electrons. The van der Waals surface area contributed by atoms with Crippen molar-refractivity contribution in [3.8, 4) is 22.6 Å². The monoisotopic (exact) mass is 402 g/mol. The Morgan fingerprint density at radius 2 is 1.80 bits per heavy atom. The van der Waals surface area contributed by atoms with Crippen molar-refractivity contribution in [3.05, 3.63) is 83.4 Å². The standard InChI is InChI=1S/C24H22N2O4/c25-24(28)20-2-1-3-21(13-20)30-15-23(27)26-14-16-4-6-17(7-5-16)18-8-9-22-19(12-18)10-11-29-22/h1-9,12-13H,10-11,14-15H2,(H2,25,28)(H,26,27). The minimum atomic E-state index is -0.540. The molecule has 3 aromatic rings. The number of rotatable bonds is 7. The molecule has 0 aromatic heterocycles. The molecule has 6 heteroatoms. The summed E-state index contributed by atoms with van der Waals surface area (Å²) in [6, 6.07) is 20.8. The molecule has 0 spiro atoms. The van der Waals surface area contributed by atoms with Gasteiger partial charge in [0, 0.05) is 18.5 Å². The minimum Gasteiger partial charge on any atom is -0.493 e. The first kappa shape index (κ1) is 19.5. The lowest BCUT2D eigenvalue weighted by molar-refractivity contribution is -0.123. The van der Waals surface area contributed by atoms with Crippen LogP contribution in [0.1, 0.15) is 21.5 Å². The molecule has 0 atom stereocenters. The van der Waals surface area contributed by atoms with E-state index < -0.39 is 5.91 Å². The van der Waals surface area contributed by atoms with Crippen LogP contribution in [-0.2, 0) is 17.8 Å². The Balaban J connectivity index is 1.29. The highest BCUT2D eigenvalue weighted by atomic mass is 16.5. The number of carbonyl (C=O) groups is 2. The predicted octanol–water partition coefficient (Wildman–Crippen LogP) is 3.08. The lowest BCUT2D eigenvalue weighted by Gasteiger charge is -2.09. The van der Waals surface area contributed by atoms with Crippen LogP contribution in [-0.4, -0.2) is 25.0 Å². The number of hydrogen-bond acceptors (Lipinski definition) is 4. The normalized spacial score (nSPS) is 12.0. The van der Waals surface area contributed by atoms with E-state index in [2.05, 4.69) is 17.4 Å². The zero-order valence-corrected chi connectivity index (χ0v) is 16.4. The van der Waals surface area contributed by atoms with Crippen molar-refractivity contribution >= 4 is 11.8 Å². The average molecular weight is 402 g/mol. The molecule has 1 heterocycles. The Morgan fingerprint density at radius 3 is 2.60 bits per heavy atom. The van der Waals surface area contributed by atoms with Gasteiger partial charge in [0.15, 0.2) is 6.61 Å². The maximum atomic E-state index is 12.1. The van der Waals surface area contributed by atoms with Crippen LogP contribution in [0.3, 0.4) is 0 Å². The van der Waals surface area contributed by atoms with Gasteiger partial charge in [0.1, 0.15) is 11.5 Å². The molecule has 0 fully saturated rings. The summed E-state index contributed by atoms with van der Waals surface area (Å²) in [6.45, 7) is 1.01. The first-order chi connectivity index (χ1) is 14.6. The van der Waals surface area contributed by atoms with Gasteiger partial charge in [-0.2, -0.15) is 0 Å². The fourth-order valence-corrected chi connectivity index (χ4v) is 3.32. The maximum absolute atomic E-state index is 12.1. The molecular formula is C24H22N2O4. The van der Waals surface area contributed by atoms with Gasteiger partial charge in [-0.3, -0.25) is 9.59 Å². The SMILES string of the molecule is NC(=O)c1cccc(OCC(=O)NCc2ccc(-c3ccc4c(c3)CCO4)cc2)c1. The van der Waals surface area contributed by atoms with Gasteiger partial charge < -0.3 is 20.5 Å². The van der Waals surface area contributed by atoms with E-state index >= 15 is 0 Å². The van der Waals surface area contributed by atoms with Crippen molar-refractivity contribution in [2.45, 2.75) is 13.0 Å². The van der Waals surface area contributed by atoms with Crippen LogP contribution in [0.25, 0.3) is 11.1 Å². The van der Waals surface area contributed by atoms with Crippen LogP contribution in [0.5, 0.6) is 11.5 Å². The third kappa shape index (κ3) is 4.60. The molecule has 0 radical (unpaired) electrons. The van der Waals surface area contributed by atoms with Crippen LogP contribution in [0.15, 0.2) is 66.7 Å². The number of fused-ring (bicyclic) bond motifs is 1. The molecular weight excluding hydrogens is 380 g/mol. The fraction of sp³-hybridized carbons (Fsp3) is 0.167. The van der Waals surface area contributed by atoms with Gasteiger partial charge in [-0.25, -0.2) is 0 Å². The van der Waals surface area contributed by atoms with E-state index in [9.17, 15) is 9.59 Å². The summed E-state index contributed by atoms with van der Waals surface area (Å²) in [6.07, 6.45) is 0.947. The van der Waals surface area contributed by atoms with Crippen molar-refractivity contribution in [2.75, 3.05) is 13.2 Å². The molecule has 1 aliphatic heterocycles. The van der Waals surface area contributed by atoms with Gasteiger partial charge in [0.2, 0.25) is 5.91 Å². The van der Waals surface area contributed by atoms with Crippen LogP contribution in [0, 0.1) is 0 Å². The molecule has 0 aliphatic carbocycles. The summed E-state index contributed by atoms with van der Waals surface area (Å²) in [5, 5.41) is 2.83. The summed E-state index contributed by atoms with van der Waals surface area (Å²) in [7, 11) is 0. The Bertz CT molecular complexity index is 1080. The fourth-order valence-electron chi connectivity index (χ4n) is 3.32. The molecule has 4 rings (SSSR count). The quantitative estimate of drug-likeness (QED) is 0.635. The number of nitrogens with two attached hydrogens (primary N) is 1. The molecule has 3 N–H and O–H groups in total. The maximum Gasteiger partial charge on any atom is 0.258 e. The van der Waals surface area contributed by atoms with Crippen LogP contribution in [0.2, 0.25) is 0 Å². The Kier molecular flexibility index (Phi) is 5.66. The first-order valence-electron chi connectivity index (χ1n) is 9.73. The lowest BCUT2D eigenvalue weighted by Crippen LogP contribution is -2.28. The second-order valence-electron chi connectivity index (χ2n) is 7.08. The summed E-state index contributed by atoms with van der Waals surface area (Å²) in [5.41, 5.74) is 10.1.